The summed E-state index contributed by atoms with van der Waals surface area (Å²) in [5.74, 6) is 1.63. The van der Waals surface area contributed by atoms with Gasteiger partial charge in [0.25, 0.3) is 0 Å². The SMILES string of the molecule is O=C1C2C(C(=O)N1CCCN1CCN(C3=Nc4ccccc4Sc4ccccc43)CC1)[C@@H]1C=C[C@@H]2C1. The number of amides is 2. The third kappa shape index (κ3) is 3.63. The number of hydrogen-bond acceptors (Lipinski definition) is 6. The van der Waals surface area contributed by atoms with Gasteiger partial charge in [-0.05, 0) is 49.4 Å². The first-order valence-corrected chi connectivity index (χ1v) is 13.9. The Morgan fingerprint density at radius 2 is 1.47 bits per heavy atom. The van der Waals surface area contributed by atoms with Gasteiger partial charge in [-0.2, -0.15) is 0 Å². The van der Waals surface area contributed by atoms with Gasteiger partial charge in [-0.25, -0.2) is 4.99 Å². The lowest BCUT2D eigenvalue weighted by Crippen LogP contribution is -2.49. The van der Waals surface area contributed by atoms with E-state index in [1.54, 1.807) is 16.7 Å². The van der Waals surface area contributed by atoms with E-state index in [1.165, 1.54) is 15.4 Å². The minimum atomic E-state index is -0.0810. The maximum Gasteiger partial charge on any atom is 0.233 e. The summed E-state index contributed by atoms with van der Waals surface area (Å²) in [5.41, 5.74) is 2.23. The number of allylic oxidation sites excluding steroid dienone is 2. The lowest BCUT2D eigenvalue weighted by atomic mass is 9.85. The fraction of sp³-hybridized carbons (Fsp3) is 0.414. The molecule has 6 nitrogen and oxygen atoms in total. The number of imide groups is 1. The van der Waals surface area contributed by atoms with Crippen LogP contribution in [0.5, 0.6) is 0 Å². The first-order valence-electron chi connectivity index (χ1n) is 13.1. The van der Waals surface area contributed by atoms with Gasteiger partial charge in [0.2, 0.25) is 11.8 Å². The van der Waals surface area contributed by atoms with E-state index in [0.29, 0.717) is 6.54 Å². The monoisotopic (exact) mass is 498 g/mol. The summed E-state index contributed by atoms with van der Waals surface area (Å²) >= 11 is 1.79. The van der Waals surface area contributed by atoms with E-state index < -0.39 is 0 Å². The molecule has 2 unspecified atom stereocenters. The number of nitrogens with zero attached hydrogens (tertiary/aromatic N) is 4. The Morgan fingerprint density at radius 1 is 0.806 bits per heavy atom. The largest absolute Gasteiger partial charge is 0.354 e. The highest BCUT2D eigenvalue weighted by atomic mass is 32.2. The topological polar surface area (TPSA) is 56.2 Å². The van der Waals surface area contributed by atoms with Crippen LogP contribution in [0.2, 0.25) is 0 Å². The fourth-order valence-electron chi connectivity index (χ4n) is 6.73. The van der Waals surface area contributed by atoms with E-state index in [0.717, 1.165) is 57.1 Å². The highest BCUT2D eigenvalue weighted by Gasteiger charge is 2.58. The number of fused-ring (bicyclic) bond motifs is 7. The summed E-state index contributed by atoms with van der Waals surface area (Å²) in [5, 5.41) is 0. The minimum absolute atomic E-state index is 0.0786. The van der Waals surface area contributed by atoms with Gasteiger partial charge in [0.1, 0.15) is 5.84 Å². The molecule has 7 rings (SSSR count). The van der Waals surface area contributed by atoms with Gasteiger partial charge in [0, 0.05) is 48.1 Å². The molecule has 2 bridgehead atoms. The summed E-state index contributed by atoms with van der Waals surface area (Å²) in [6.45, 7) is 5.21. The number of amidine groups is 1. The van der Waals surface area contributed by atoms with Crippen molar-refractivity contribution in [1.29, 1.82) is 0 Å². The van der Waals surface area contributed by atoms with Crippen molar-refractivity contribution in [2.24, 2.45) is 28.7 Å². The summed E-state index contributed by atoms with van der Waals surface area (Å²) in [4.78, 5) is 39.9. The maximum atomic E-state index is 12.9. The van der Waals surface area contributed by atoms with Crippen LogP contribution in [0.25, 0.3) is 0 Å². The molecule has 2 amide bonds. The van der Waals surface area contributed by atoms with Crippen molar-refractivity contribution in [3.63, 3.8) is 0 Å². The second-order valence-corrected chi connectivity index (χ2v) is 11.6. The Bertz CT molecular complexity index is 1250. The lowest BCUT2D eigenvalue weighted by Gasteiger charge is -2.37. The second kappa shape index (κ2) is 8.89. The molecule has 0 spiro atoms. The number of piperazine rings is 1. The Labute approximate surface area is 216 Å². The maximum absolute atomic E-state index is 12.9. The van der Waals surface area contributed by atoms with Crippen molar-refractivity contribution in [1.82, 2.24) is 14.7 Å². The van der Waals surface area contributed by atoms with Gasteiger partial charge in [-0.15, -0.1) is 0 Å². The molecule has 3 aliphatic heterocycles. The molecular weight excluding hydrogens is 468 g/mol. The summed E-state index contributed by atoms with van der Waals surface area (Å²) in [7, 11) is 0. The number of hydrogen-bond donors (Lipinski definition) is 0. The van der Waals surface area contributed by atoms with Gasteiger partial charge < -0.3 is 4.90 Å². The normalized spacial score (nSPS) is 28.7. The van der Waals surface area contributed by atoms with E-state index in [4.69, 9.17) is 4.99 Å². The number of benzene rings is 2. The average molecular weight is 499 g/mol. The van der Waals surface area contributed by atoms with Crippen LogP contribution in [0.1, 0.15) is 18.4 Å². The van der Waals surface area contributed by atoms with Gasteiger partial charge in [0.15, 0.2) is 0 Å². The van der Waals surface area contributed by atoms with E-state index in [1.807, 2.05) is 0 Å². The molecule has 184 valence electrons. The third-order valence-corrected chi connectivity index (χ3v) is 9.67. The number of carbonyl (C=O) groups excluding carboxylic acids is 2. The van der Waals surface area contributed by atoms with Crippen molar-refractivity contribution in [3.8, 4) is 0 Å². The van der Waals surface area contributed by atoms with Crippen LogP contribution in [0.3, 0.4) is 0 Å². The molecular formula is C29H30N4O2S. The molecule has 4 atom stereocenters. The van der Waals surface area contributed by atoms with E-state index in [-0.39, 0.29) is 35.5 Å². The molecule has 0 N–H and O–H groups in total. The highest BCUT2D eigenvalue weighted by Crippen LogP contribution is 2.52. The Hall–Kier alpha value is -2.90. The number of likely N-dealkylation sites (tertiary alicyclic amines) is 1. The third-order valence-electron chi connectivity index (χ3n) is 8.53. The van der Waals surface area contributed by atoms with Crippen LogP contribution in [-0.4, -0.2) is 71.6 Å². The van der Waals surface area contributed by atoms with Crippen LogP contribution in [0, 0.1) is 23.7 Å². The van der Waals surface area contributed by atoms with Crippen LogP contribution in [0.4, 0.5) is 5.69 Å². The van der Waals surface area contributed by atoms with Gasteiger partial charge >= 0.3 is 0 Å². The molecule has 3 fully saturated rings. The van der Waals surface area contributed by atoms with Crippen LogP contribution in [0.15, 0.2) is 75.5 Å². The Balaban J connectivity index is 0.980. The quantitative estimate of drug-likeness (QED) is 0.470. The zero-order valence-electron chi connectivity index (χ0n) is 20.3. The van der Waals surface area contributed by atoms with E-state index in [2.05, 4.69) is 70.5 Å². The van der Waals surface area contributed by atoms with Crippen LogP contribution < -0.4 is 0 Å². The van der Waals surface area contributed by atoms with Crippen molar-refractivity contribution < 1.29 is 9.59 Å². The zero-order chi connectivity index (χ0) is 24.2. The molecule has 1 saturated carbocycles. The number of carbonyl (C=O) groups is 2. The van der Waals surface area contributed by atoms with Crippen molar-refractivity contribution >= 4 is 35.1 Å². The molecule has 0 radical (unpaired) electrons. The second-order valence-electron chi connectivity index (χ2n) is 10.5. The van der Waals surface area contributed by atoms with E-state index in [9.17, 15) is 9.59 Å². The van der Waals surface area contributed by atoms with E-state index >= 15 is 0 Å². The minimum Gasteiger partial charge on any atom is -0.354 e. The number of para-hydroxylation sites is 1. The first-order chi connectivity index (χ1) is 17.7. The molecule has 2 aliphatic carbocycles. The predicted molar refractivity (Wildman–Crippen MR) is 140 cm³/mol. The Morgan fingerprint density at radius 3 is 2.22 bits per heavy atom. The molecule has 7 heteroatoms. The first kappa shape index (κ1) is 22.3. The number of rotatable bonds is 4. The van der Waals surface area contributed by atoms with Crippen molar-refractivity contribution in [2.75, 3.05) is 39.3 Å². The predicted octanol–water partition coefficient (Wildman–Crippen LogP) is 4.04. The smallest absolute Gasteiger partial charge is 0.233 e. The molecule has 5 aliphatic rings. The Kier molecular flexibility index (Phi) is 5.51. The molecule has 2 saturated heterocycles. The number of aliphatic imine (C=N–C) groups is 1. The molecule has 3 heterocycles. The van der Waals surface area contributed by atoms with Gasteiger partial charge in [-0.1, -0.05) is 54.2 Å². The zero-order valence-corrected chi connectivity index (χ0v) is 21.1. The standard InChI is InChI=1S/C29H30N4O2S/c34-28-25-19-10-11-20(18-19)26(25)29(35)33(28)13-5-12-31-14-16-32(17-15-31)27-21-6-1-3-8-23(21)36-24-9-4-2-7-22(24)30-27/h1-4,6-11,19-20,25-26H,5,12-18H2/t19-,20-,25?,26?/m1/s1. The fourth-order valence-corrected chi connectivity index (χ4v) is 7.75. The molecule has 0 aromatic heterocycles. The molecule has 36 heavy (non-hydrogen) atoms. The van der Waals surface area contributed by atoms with Gasteiger partial charge in [-0.3, -0.25) is 19.4 Å². The highest BCUT2D eigenvalue weighted by molar-refractivity contribution is 7.99. The molecule has 2 aromatic carbocycles. The van der Waals surface area contributed by atoms with Crippen LogP contribution in [-0.2, 0) is 9.59 Å². The summed E-state index contributed by atoms with van der Waals surface area (Å²) in [6.07, 6.45) is 6.15. The van der Waals surface area contributed by atoms with Crippen molar-refractivity contribution in [2.45, 2.75) is 22.6 Å². The van der Waals surface area contributed by atoms with Crippen molar-refractivity contribution in [3.05, 3.63) is 66.2 Å². The van der Waals surface area contributed by atoms with Crippen LogP contribution >= 0.6 is 11.8 Å². The average Bonchev–Trinajstić information content (AvgIpc) is 3.55. The lowest BCUT2D eigenvalue weighted by molar-refractivity contribution is -0.140. The summed E-state index contributed by atoms with van der Waals surface area (Å²) < 4.78 is 0. The summed E-state index contributed by atoms with van der Waals surface area (Å²) in [6, 6.07) is 16.9. The van der Waals surface area contributed by atoms with Gasteiger partial charge in [0.05, 0.1) is 17.5 Å². The molecule has 2 aromatic rings.